The number of hydrogen-bond donors (Lipinski definition) is 1. The Bertz CT molecular complexity index is 539. The van der Waals surface area contributed by atoms with Crippen LogP contribution in [0.25, 0.3) is 0 Å². The number of aliphatic hydroxyl groups is 1. The van der Waals surface area contributed by atoms with Crippen LogP contribution in [0.5, 0.6) is 0 Å². The maximum atomic E-state index is 12.8. The molecule has 1 aliphatic heterocycles. The van der Waals surface area contributed by atoms with Crippen LogP contribution in [-0.4, -0.2) is 61.7 Å². The van der Waals surface area contributed by atoms with Crippen LogP contribution in [0.2, 0.25) is 0 Å². The third-order valence-corrected chi connectivity index (χ3v) is 4.79. The van der Waals surface area contributed by atoms with Gasteiger partial charge >= 0.3 is 0 Å². The van der Waals surface area contributed by atoms with Gasteiger partial charge in [-0.15, -0.1) is 0 Å². The largest absolute Gasteiger partial charge is 0.387 e. The van der Waals surface area contributed by atoms with Crippen LogP contribution in [-0.2, 0) is 10.0 Å². The summed E-state index contributed by atoms with van der Waals surface area (Å²) < 4.78 is 37.0. The lowest BCUT2D eigenvalue weighted by Gasteiger charge is -2.34. The van der Waals surface area contributed by atoms with E-state index >= 15 is 0 Å². The molecule has 1 saturated heterocycles. The molecule has 0 aliphatic carbocycles. The van der Waals surface area contributed by atoms with Crippen molar-refractivity contribution >= 4 is 10.0 Å². The highest BCUT2D eigenvalue weighted by molar-refractivity contribution is 7.88. The molecule has 1 fully saturated rings. The van der Waals surface area contributed by atoms with Crippen molar-refractivity contribution < 1.29 is 17.9 Å². The molecular weight excluding hydrogens is 283 g/mol. The van der Waals surface area contributed by atoms with E-state index in [9.17, 15) is 17.9 Å². The lowest BCUT2D eigenvalue weighted by Crippen LogP contribution is -2.49. The Morgan fingerprint density at radius 3 is 2.25 bits per heavy atom. The maximum Gasteiger partial charge on any atom is 0.211 e. The first-order valence-corrected chi connectivity index (χ1v) is 8.32. The number of halogens is 1. The number of nitrogens with zero attached hydrogens (tertiary/aromatic N) is 2. The molecule has 1 heterocycles. The van der Waals surface area contributed by atoms with Gasteiger partial charge in [0, 0.05) is 32.7 Å². The molecule has 0 bridgehead atoms. The number of β-amino-alcohol motifs (C(OH)–C–C–N with tert-alkyl or cyclic N) is 1. The standard InChI is InChI=1S/C13H19FN2O3S/c1-20(18,19)16-8-6-15(7-9-16)10-13(17)11-2-4-12(14)5-3-11/h2-5,13,17H,6-10H2,1H3. The SMILES string of the molecule is CS(=O)(=O)N1CCN(CC(O)c2ccc(F)cc2)CC1. The molecular formula is C13H19FN2O3S. The van der Waals surface area contributed by atoms with Gasteiger partial charge in [0.15, 0.2) is 0 Å². The molecule has 112 valence electrons. The van der Waals surface area contributed by atoms with Crippen molar-refractivity contribution in [3.63, 3.8) is 0 Å². The molecule has 0 saturated carbocycles. The van der Waals surface area contributed by atoms with E-state index in [4.69, 9.17) is 0 Å². The first-order valence-electron chi connectivity index (χ1n) is 6.47. The molecule has 1 aliphatic rings. The number of aliphatic hydroxyl groups excluding tert-OH is 1. The van der Waals surface area contributed by atoms with Crippen LogP contribution >= 0.6 is 0 Å². The van der Waals surface area contributed by atoms with Crippen molar-refractivity contribution in [3.8, 4) is 0 Å². The predicted octanol–water partition coefficient (Wildman–Crippen LogP) is 0.436. The highest BCUT2D eigenvalue weighted by atomic mass is 32.2. The Balaban J connectivity index is 1.88. The smallest absolute Gasteiger partial charge is 0.211 e. The molecule has 1 atom stereocenters. The van der Waals surface area contributed by atoms with Gasteiger partial charge in [-0.2, -0.15) is 4.31 Å². The van der Waals surface area contributed by atoms with E-state index in [1.54, 1.807) is 12.1 Å². The van der Waals surface area contributed by atoms with Crippen LogP contribution in [0.4, 0.5) is 4.39 Å². The summed E-state index contributed by atoms with van der Waals surface area (Å²) in [5.74, 6) is -0.331. The summed E-state index contributed by atoms with van der Waals surface area (Å²) in [6, 6.07) is 5.76. The molecule has 1 aromatic rings. The van der Waals surface area contributed by atoms with Gasteiger partial charge in [0.25, 0.3) is 0 Å². The van der Waals surface area contributed by atoms with E-state index in [1.807, 2.05) is 4.90 Å². The van der Waals surface area contributed by atoms with Crippen LogP contribution < -0.4 is 0 Å². The van der Waals surface area contributed by atoms with E-state index in [-0.39, 0.29) is 5.82 Å². The van der Waals surface area contributed by atoms with Crippen molar-refractivity contribution in [2.75, 3.05) is 39.0 Å². The highest BCUT2D eigenvalue weighted by Crippen LogP contribution is 2.16. The number of piperazine rings is 1. The van der Waals surface area contributed by atoms with E-state index in [2.05, 4.69) is 0 Å². The second-order valence-corrected chi connectivity index (χ2v) is 7.01. The zero-order valence-electron chi connectivity index (χ0n) is 11.4. The summed E-state index contributed by atoms with van der Waals surface area (Å²) in [5, 5.41) is 10.1. The Morgan fingerprint density at radius 2 is 1.75 bits per heavy atom. The third kappa shape index (κ3) is 3.99. The molecule has 20 heavy (non-hydrogen) atoms. The van der Waals surface area contributed by atoms with Gasteiger partial charge in [-0.25, -0.2) is 12.8 Å². The molecule has 1 N–H and O–H groups in total. The fourth-order valence-electron chi connectivity index (χ4n) is 2.28. The fourth-order valence-corrected chi connectivity index (χ4v) is 3.11. The lowest BCUT2D eigenvalue weighted by molar-refractivity contribution is 0.0922. The highest BCUT2D eigenvalue weighted by Gasteiger charge is 2.24. The zero-order chi connectivity index (χ0) is 14.8. The van der Waals surface area contributed by atoms with Gasteiger partial charge in [0.1, 0.15) is 5.82 Å². The van der Waals surface area contributed by atoms with Crippen molar-refractivity contribution in [3.05, 3.63) is 35.6 Å². The van der Waals surface area contributed by atoms with Crippen molar-refractivity contribution in [2.45, 2.75) is 6.10 Å². The molecule has 1 unspecified atom stereocenters. The second kappa shape index (κ2) is 6.17. The molecule has 5 nitrogen and oxygen atoms in total. The average Bonchev–Trinajstić information content (AvgIpc) is 2.39. The molecule has 0 aromatic heterocycles. The van der Waals surface area contributed by atoms with Crippen LogP contribution in [0.1, 0.15) is 11.7 Å². The molecule has 0 radical (unpaired) electrons. The van der Waals surface area contributed by atoms with Gasteiger partial charge in [-0.05, 0) is 17.7 Å². The molecule has 7 heteroatoms. The average molecular weight is 302 g/mol. The van der Waals surface area contributed by atoms with Crippen LogP contribution in [0.15, 0.2) is 24.3 Å². The topological polar surface area (TPSA) is 60.9 Å². The lowest BCUT2D eigenvalue weighted by atomic mass is 10.1. The van der Waals surface area contributed by atoms with Crippen molar-refractivity contribution in [1.29, 1.82) is 0 Å². The minimum atomic E-state index is -3.13. The number of sulfonamides is 1. The van der Waals surface area contributed by atoms with E-state index < -0.39 is 16.1 Å². The Labute approximate surface area is 118 Å². The minimum Gasteiger partial charge on any atom is -0.387 e. The van der Waals surface area contributed by atoms with Gasteiger partial charge in [0.2, 0.25) is 10.0 Å². The van der Waals surface area contributed by atoms with Gasteiger partial charge in [0.05, 0.1) is 12.4 Å². The molecule has 2 rings (SSSR count). The van der Waals surface area contributed by atoms with Crippen molar-refractivity contribution in [2.24, 2.45) is 0 Å². The number of hydrogen-bond acceptors (Lipinski definition) is 4. The van der Waals surface area contributed by atoms with E-state index in [1.165, 1.54) is 22.7 Å². The zero-order valence-corrected chi connectivity index (χ0v) is 12.2. The predicted molar refractivity (Wildman–Crippen MR) is 74.2 cm³/mol. The summed E-state index contributed by atoms with van der Waals surface area (Å²) in [7, 11) is -3.13. The second-order valence-electron chi connectivity index (χ2n) is 5.03. The maximum absolute atomic E-state index is 12.8. The monoisotopic (exact) mass is 302 g/mol. The number of rotatable bonds is 4. The minimum absolute atomic E-state index is 0.331. The first-order chi connectivity index (χ1) is 9.36. The quantitative estimate of drug-likeness (QED) is 0.876. The van der Waals surface area contributed by atoms with Crippen LogP contribution in [0.3, 0.4) is 0 Å². The first kappa shape index (κ1) is 15.4. The van der Waals surface area contributed by atoms with E-state index in [0.717, 1.165) is 0 Å². The summed E-state index contributed by atoms with van der Waals surface area (Å²) >= 11 is 0. The fraction of sp³-hybridized carbons (Fsp3) is 0.538. The summed E-state index contributed by atoms with van der Waals surface area (Å²) in [6.45, 7) is 2.48. The number of benzene rings is 1. The summed E-state index contributed by atoms with van der Waals surface area (Å²) in [4.78, 5) is 2.01. The van der Waals surface area contributed by atoms with Gasteiger partial charge in [-0.1, -0.05) is 12.1 Å². The molecule has 0 amide bonds. The third-order valence-electron chi connectivity index (χ3n) is 3.49. The molecule has 0 spiro atoms. The van der Waals surface area contributed by atoms with E-state index in [0.29, 0.717) is 38.3 Å². The summed E-state index contributed by atoms with van der Waals surface area (Å²) in [6.07, 6.45) is 0.510. The van der Waals surface area contributed by atoms with Crippen molar-refractivity contribution in [1.82, 2.24) is 9.21 Å². The van der Waals surface area contributed by atoms with Gasteiger partial charge < -0.3 is 5.11 Å². The Kier molecular flexibility index (Phi) is 4.74. The van der Waals surface area contributed by atoms with Crippen LogP contribution in [0, 0.1) is 5.82 Å². The normalized spacial score (nSPS) is 19.9. The van der Waals surface area contributed by atoms with Gasteiger partial charge in [-0.3, -0.25) is 4.90 Å². The molecule has 1 aromatic carbocycles. The summed E-state index contributed by atoms with van der Waals surface area (Å²) in [5.41, 5.74) is 0.664. The Hall–Kier alpha value is -1.02. The Morgan fingerprint density at radius 1 is 1.20 bits per heavy atom.